The van der Waals surface area contributed by atoms with E-state index in [0.29, 0.717) is 32.1 Å². The molecule has 0 N–H and O–H groups in total. The molecular formula is C18H26O2S3. The summed E-state index contributed by atoms with van der Waals surface area (Å²) >= 11 is 5.06. The molecule has 2 aliphatic rings. The van der Waals surface area contributed by atoms with Gasteiger partial charge in [0.15, 0.2) is 0 Å². The van der Waals surface area contributed by atoms with Crippen LogP contribution in [0.5, 0.6) is 0 Å². The highest BCUT2D eigenvalue weighted by molar-refractivity contribution is 8.15. The summed E-state index contributed by atoms with van der Waals surface area (Å²) in [7, 11) is 0. The van der Waals surface area contributed by atoms with Gasteiger partial charge in [-0.05, 0) is 63.5 Å². The topological polar surface area (TPSA) is 34.1 Å². The van der Waals surface area contributed by atoms with Crippen molar-refractivity contribution in [2.45, 2.75) is 73.4 Å². The molecule has 4 atom stereocenters. The zero-order valence-corrected chi connectivity index (χ0v) is 16.5. The Morgan fingerprint density at radius 3 is 1.43 bits per heavy atom. The van der Waals surface area contributed by atoms with Gasteiger partial charge in [0.25, 0.3) is 0 Å². The zero-order chi connectivity index (χ0) is 17.0. The molecule has 0 radical (unpaired) electrons. The van der Waals surface area contributed by atoms with Gasteiger partial charge in [-0.2, -0.15) is 11.8 Å². The van der Waals surface area contributed by atoms with Crippen LogP contribution in [0.25, 0.3) is 0 Å². The minimum Gasteiger partial charge on any atom is -0.282 e. The van der Waals surface area contributed by atoms with Crippen molar-refractivity contribution in [1.82, 2.24) is 0 Å². The lowest BCUT2D eigenvalue weighted by Gasteiger charge is -2.16. The van der Waals surface area contributed by atoms with Crippen LogP contribution in [0.3, 0.4) is 0 Å². The average molecular weight is 371 g/mol. The van der Waals surface area contributed by atoms with Gasteiger partial charge in [-0.3, -0.25) is 9.59 Å². The Hall–Kier alpha value is -0.130. The summed E-state index contributed by atoms with van der Waals surface area (Å²) < 4.78 is 0. The van der Waals surface area contributed by atoms with Gasteiger partial charge < -0.3 is 0 Å². The van der Waals surface area contributed by atoms with Crippen molar-refractivity contribution in [1.29, 1.82) is 0 Å². The van der Waals surface area contributed by atoms with Gasteiger partial charge in [-0.15, -0.1) is 0 Å². The SMILES string of the molecule is C=C(C)C(=O)SC1CCC(SC2CCC(SC(=O)C(=C)C)C2)C1. The van der Waals surface area contributed by atoms with Gasteiger partial charge in [0.05, 0.1) is 0 Å². The molecule has 5 heteroatoms. The maximum Gasteiger partial charge on any atom is 0.214 e. The van der Waals surface area contributed by atoms with Crippen LogP contribution in [0.15, 0.2) is 24.3 Å². The molecule has 0 aromatic carbocycles. The number of hydrogen-bond acceptors (Lipinski definition) is 5. The first kappa shape index (κ1) is 19.2. The normalized spacial score (nSPS) is 30.3. The van der Waals surface area contributed by atoms with Crippen molar-refractivity contribution in [3.8, 4) is 0 Å². The first-order valence-electron chi connectivity index (χ1n) is 8.23. The van der Waals surface area contributed by atoms with E-state index >= 15 is 0 Å². The maximum atomic E-state index is 11.8. The van der Waals surface area contributed by atoms with E-state index in [4.69, 9.17) is 0 Å². The molecule has 23 heavy (non-hydrogen) atoms. The molecule has 2 aliphatic carbocycles. The van der Waals surface area contributed by atoms with Gasteiger partial charge in [-0.25, -0.2) is 0 Å². The third kappa shape index (κ3) is 6.02. The minimum atomic E-state index is 0.149. The summed E-state index contributed by atoms with van der Waals surface area (Å²) in [6, 6.07) is 0. The van der Waals surface area contributed by atoms with Crippen molar-refractivity contribution < 1.29 is 9.59 Å². The fourth-order valence-corrected chi connectivity index (χ4v) is 7.23. The van der Waals surface area contributed by atoms with E-state index in [1.54, 1.807) is 13.8 Å². The van der Waals surface area contributed by atoms with Crippen LogP contribution in [-0.4, -0.2) is 31.2 Å². The minimum absolute atomic E-state index is 0.149. The highest BCUT2D eigenvalue weighted by Gasteiger charge is 2.33. The van der Waals surface area contributed by atoms with E-state index in [1.165, 1.54) is 36.4 Å². The van der Waals surface area contributed by atoms with Crippen LogP contribution < -0.4 is 0 Å². The predicted molar refractivity (Wildman–Crippen MR) is 105 cm³/mol. The fourth-order valence-electron chi connectivity index (χ4n) is 3.04. The molecule has 2 nitrogen and oxygen atoms in total. The van der Waals surface area contributed by atoms with E-state index in [0.717, 1.165) is 25.7 Å². The highest BCUT2D eigenvalue weighted by atomic mass is 32.2. The molecule has 0 aromatic rings. The molecule has 0 saturated heterocycles. The summed E-state index contributed by atoms with van der Waals surface area (Å²) in [5.41, 5.74) is 1.31. The average Bonchev–Trinajstić information content (AvgIpc) is 3.09. The first-order chi connectivity index (χ1) is 10.8. The van der Waals surface area contributed by atoms with Crippen LogP contribution in [0.4, 0.5) is 0 Å². The van der Waals surface area contributed by atoms with Gasteiger partial charge in [-0.1, -0.05) is 36.7 Å². The molecule has 0 aliphatic heterocycles. The zero-order valence-electron chi connectivity index (χ0n) is 14.0. The van der Waals surface area contributed by atoms with Crippen LogP contribution in [0.2, 0.25) is 0 Å². The quantitative estimate of drug-likeness (QED) is 0.598. The van der Waals surface area contributed by atoms with Crippen molar-refractivity contribution in [3.05, 3.63) is 24.3 Å². The first-order valence-corrected chi connectivity index (χ1v) is 10.9. The Kier molecular flexibility index (Phi) is 7.36. The fraction of sp³-hybridized carbons (Fsp3) is 0.667. The molecular weight excluding hydrogens is 344 g/mol. The lowest BCUT2D eigenvalue weighted by molar-refractivity contribution is -0.108. The molecule has 128 valence electrons. The lowest BCUT2D eigenvalue weighted by Crippen LogP contribution is -2.09. The third-order valence-corrected chi connectivity index (χ3v) is 8.58. The Balaban J connectivity index is 1.71. The standard InChI is InChI=1S/C18H26O2S3/c1-11(2)17(19)22-15-7-5-13(9-15)21-14-6-8-16(10-14)23-18(20)12(3)4/h13-16H,1,3,5-10H2,2,4H3. The molecule has 2 fully saturated rings. The number of hydrogen-bond donors (Lipinski definition) is 0. The number of carbonyl (C=O) groups is 2. The number of carbonyl (C=O) groups excluding carboxylic acids is 2. The molecule has 0 heterocycles. The Morgan fingerprint density at radius 2 is 1.09 bits per heavy atom. The van der Waals surface area contributed by atoms with Crippen molar-refractivity contribution in [2.24, 2.45) is 0 Å². The van der Waals surface area contributed by atoms with E-state index in [2.05, 4.69) is 24.9 Å². The molecule has 0 spiro atoms. The summed E-state index contributed by atoms with van der Waals surface area (Å²) in [6.07, 6.45) is 6.97. The van der Waals surface area contributed by atoms with Gasteiger partial charge in [0, 0.05) is 21.0 Å². The number of rotatable bonds is 6. The van der Waals surface area contributed by atoms with E-state index in [1.807, 2.05) is 0 Å². The lowest BCUT2D eigenvalue weighted by atomic mass is 10.4. The highest BCUT2D eigenvalue weighted by Crippen LogP contribution is 2.44. The summed E-state index contributed by atoms with van der Waals surface area (Å²) in [4.78, 5) is 23.5. The predicted octanol–water partition coefficient (Wildman–Crippen LogP) is 5.23. The van der Waals surface area contributed by atoms with E-state index < -0.39 is 0 Å². The van der Waals surface area contributed by atoms with Crippen LogP contribution in [0.1, 0.15) is 52.4 Å². The molecule has 0 bridgehead atoms. The summed E-state index contributed by atoms with van der Waals surface area (Å²) in [5.74, 6) is 0. The molecule has 0 aromatic heterocycles. The monoisotopic (exact) mass is 370 g/mol. The van der Waals surface area contributed by atoms with E-state index in [9.17, 15) is 9.59 Å². The smallest absolute Gasteiger partial charge is 0.214 e. The largest absolute Gasteiger partial charge is 0.282 e. The van der Waals surface area contributed by atoms with Gasteiger partial charge in [0.1, 0.15) is 0 Å². The second kappa shape index (κ2) is 8.82. The molecule has 0 amide bonds. The summed E-state index contributed by atoms with van der Waals surface area (Å²) in [6.45, 7) is 11.0. The van der Waals surface area contributed by atoms with Crippen LogP contribution in [-0.2, 0) is 9.59 Å². The van der Waals surface area contributed by atoms with Crippen molar-refractivity contribution in [3.63, 3.8) is 0 Å². The molecule has 2 saturated carbocycles. The molecule has 2 rings (SSSR count). The van der Waals surface area contributed by atoms with Crippen LogP contribution in [0, 0.1) is 0 Å². The van der Waals surface area contributed by atoms with Crippen molar-refractivity contribution >= 4 is 45.5 Å². The maximum absolute atomic E-state index is 11.8. The van der Waals surface area contributed by atoms with Crippen molar-refractivity contribution in [2.75, 3.05) is 0 Å². The van der Waals surface area contributed by atoms with E-state index in [-0.39, 0.29) is 10.2 Å². The Labute approximate surface area is 152 Å². The summed E-state index contributed by atoms with van der Waals surface area (Å²) in [5, 5.41) is 2.58. The Morgan fingerprint density at radius 1 is 0.739 bits per heavy atom. The Bertz CT molecular complexity index is 456. The number of thioether (sulfide) groups is 3. The van der Waals surface area contributed by atoms with Gasteiger partial charge >= 0.3 is 0 Å². The molecule has 4 unspecified atom stereocenters. The van der Waals surface area contributed by atoms with Gasteiger partial charge in [0.2, 0.25) is 10.2 Å². The second-order valence-electron chi connectivity index (χ2n) is 6.62. The van der Waals surface area contributed by atoms with Crippen LogP contribution >= 0.6 is 35.3 Å². The second-order valence-corrected chi connectivity index (χ2v) is 10.8. The third-order valence-electron chi connectivity index (χ3n) is 4.30.